The van der Waals surface area contributed by atoms with Gasteiger partial charge in [0.2, 0.25) is 0 Å². The van der Waals surface area contributed by atoms with Crippen LogP contribution in [0.5, 0.6) is 0 Å². The number of rotatable bonds is 10. The number of nitrogens with zero attached hydrogens (tertiary/aromatic N) is 3. The summed E-state index contributed by atoms with van der Waals surface area (Å²) in [5.41, 5.74) is 1.76. The topological polar surface area (TPSA) is 151 Å². The molecule has 0 aliphatic rings. The molecule has 200 valence electrons. The minimum atomic E-state index is -3.78. The van der Waals surface area contributed by atoms with Gasteiger partial charge in [-0.2, -0.15) is 0 Å². The van der Waals surface area contributed by atoms with E-state index in [1.165, 1.54) is 18.5 Å². The molecule has 2 aromatic heterocycles. The van der Waals surface area contributed by atoms with Gasteiger partial charge in [0.1, 0.15) is 18.2 Å². The van der Waals surface area contributed by atoms with Crippen LogP contribution >= 0.6 is 23.2 Å². The van der Waals surface area contributed by atoms with E-state index in [2.05, 4.69) is 25.6 Å². The van der Waals surface area contributed by atoms with Crippen LogP contribution in [-0.4, -0.2) is 46.4 Å². The van der Waals surface area contributed by atoms with Crippen molar-refractivity contribution in [3.8, 4) is 0 Å². The van der Waals surface area contributed by atoms with Crippen LogP contribution in [0.3, 0.4) is 0 Å². The number of carboxylic acid groups (broad SMARTS) is 1. The maximum atomic E-state index is 12.8. The molecule has 0 aliphatic carbocycles. The predicted molar refractivity (Wildman–Crippen MR) is 147 cm³/mol. The minimum Gasteiger partial charge on any atom is -0.480 e. The number of aliphatic carboxylic acids is 1. The highest BCUT2D eigenvalue weighted by Crippen LogP contribution is 2.24. The second kappa shape index (κ2) is 12.2. The lowest BCUT2D eigenvalue weighted by atomic mass is 10.1. The smallest absolute Gasteiger partial charge is 0.326 e. The van der Waals surface area contributed by atoms with Crippen molar-refractivity contribution < 1.29 is 23.1 Å². The lowest BCUT2D eigenvalue weighted by molar-refractivity contribution is -0.137. The van der Waals surface area contributed by atoms with Gasteiger partial charge in [-0.15, -0.1) is 0 Å². The molecule has 0 unspecified atom stereocenters. The van der Waals surface area contributed by atoms with E-state index in [-0.39, 0.29) is 38.6 Å². The number of aromatic nitrogens is 3. The van der Waals surface area contributed by atoms with Crippen LogP contribution in [0.1, 0.15) is 21.5 Å². The summed E-state index contributed by atoms with van der Waals surface area (Å²) < 4.78 is 25.6. The van der Waals surface area contributed by atoms with Crippen LogP contribution in [0.15, 0.2) is 84.4 Å². The maximum absolute atomic E-state index is 12.8. The third kappa shape index (κ3) is 7.29. The summed E-state index contributed by atoms with van der Waals surface area (Å²) in [6.07, 6.45) is 3.73. The van der Waals surface area contributed by atoms with Crippen LogP contribution < -0.4 is 10.6 Å². The summed E-state index contributed by atoms with van der Waals surface area (Å²) in [6, 6.07) is 15.2. The van der Waals surface area contributed by atoms with Crippen molar-refractivity contribution in [2.75, 3.05) is 10.6 Å². The van der Waals surface area contributed by atoms with E-state index >= 15 is 0 Å². The van der Waals surface area contributed by atoms with Gasteiger partial charge in [-0.25, -0.2) is 23.2 Å². The number of carboxylic acids is 1. The lowest BCUT2D eigenvalue weighted by Crippen LogP contribution is -2.32. The van der Waals surface area contributed by atoms with E-state index < -0.39 is 27.8 Å². The van der Waals surface area contributed by atoms with Gasteiger partial charge in [-0.3, -0.25) is 9.78 Å². The maximum Gasteiger partial charge on any atom is 0.326 e. The molecule has 0 spiro atoms. The zero-order valence-corrected chi connectivity index (χ0v) is 22.4. The van der Waals surface area contributed by atoms with E-state index in [0.717, 1.165) is 6.33 Å². The first-order valence-electron chi connectivity index (χ1n) is 11.4. The Bertz CT molecular complexity index is 1580. The molecule has 10 nitrogen and oxygen atoms in total. The molecule has 4 aromatic rings. The molecule has 1 amide bonds. The summed E-state index contributed by atoms with van der Waals surface area (Å²) in [6.45, 7) is 0. The van der Waals surface area contributed by atoms with Crippen molar-refractivity contribution in [1.29, 1.82) is 0 Å². The Labute approximate surface area is 234 Å². The number of benzene rings is 2. The van der Waals surface area contributed by atoms with Gasteiger partial charge in [0.25, 0.3) is 5.91 Å². The van der Waals surface area contributed by atoms with Crippen molar-refractivity contribution >= 4 is 56.4 Å². The minimum absolute atomic E-state index is 0.0433. The molecule has 0 aliphatic heterocycles. The number of carbonyl (C=O) groups excluding carboxylic acids is 1. The van der Waals surface area contributed by atoms with Gasteiger partial charge in [0.15, 0.2) is 14.9 Å². The number of sulfone groups is 1. The number of hydrogen-bond acceptors (Lipinski definition) is 8. The highest BCUT2D eigenvalue weighted by molar-refractivity contribution is 7.90. The molecular formula is C26H21Cl2N5O5S. The molecule has 1 atom stereocenters. The SMILES string of the molecule is O=C(Nc1ccc(C[C@H](Nc2cc(S(=O)(=O)Cc3ccccc3)ncn2)C(=O)O)cc1)c1c(Cl)cncc1Cl. The predicted octanol–water partition coefficient (Wildman–Crippen LogP) is 4.51. The van der Waals surface area contributed by atoms with Crippen LogP contribution in [0, 0.1) is 0 Å². The van der Waals surface area contributed by atoms with Gasteiger partial charge in [0.05, 0.1) is 21.4 Å². The van der Waals surface area contributed by atoms with Crippen molar-refractivity contribution in [2.24, 2.45) is 0 Å². The van der Waals surface area contributed by atoms with Crippen LogP contribution in [-0.2, 0) is 26.8 Å². The summed E-state index contributed by atoms with van der Waals surface area (Å²) in [5.74, 6) is -1.89. The van der Waals surface area contributed by atoms with Gasteiger partial charge in [-0.1, -0.05) is 65.7 Å². The molecule has 4 rings (SSSR count). The van der Waals surface area contributed by atoms with E-state index in [0.29, 0.717) is 16.8 Å². The first-order valence-corrected chi connectivity index (χ1v) is 13.8. The standard InChI is InChI=1S/C26H21Cl2N5O5S/c27-19-12-29-13-20(28)24(19)25(34)32-18-8-6-16(7-9-18)10-21(26(35)36)33-22-11-23(31-15-30-22)39(37,38)14-17-4-2-1-3-5-17/h1-9,11-13,15,21H,10,14H2,(H,32,34)(H,35,36)(H,30,31,33)/t21-/m0/s1. The first-order chi connectivity index (χ1) is 18.6. The molecule has 0 fully saturated rings. The Morgan fingerprint density at radius 2 is 1.59 bits per heavy atom. The van der Waals surface area contributed by atoms with E-state index in [4.69, 9.17) is 23.2 Å². The zero-order chi connectivity index (χ0) is 28.0. The number of nitrogens with one attached hydrogen (secondary N) is 2. The fourth-order valence-corrected chi connectivity index (χ4v) is 5.43. The quantitative estimate of drug-likeness (QED) is 0.228. The van der Waals surface area contributed by atoms with Crippen LogP contribution in [0.25, 0.3) is 0 Å². The first kappa shape index (κ1) is 28.0. The largest absolute Gasteiger partial charge is 0.480 e. The van der Waals surface area contributed by atoms with Gasteiger partial charge < -0.3 is 15.7 Å². The molecule has 0 saturated heterocycles. The third-order valence-corrected chi connectivity index (χ3v) is 7.66. The fourth-order valence-electron chi connectivity index (χ4n) is 3.62. The number of hydrogen-bond donors (Lipinski definition) is 3. The summed E-state index contributed by atoms with van der Waals surface area (Å²) in [7, 11) is -3.78. The van der Waals surface area contributed by atoms with E-state index in [1.807, 2.05) is 0 Å². The Hall–Kier alpha value is -4.06. The van der Waals surface area contributed by atoms with Crippen molar-refractivity contribution in [3.63, 3.8) is 0 Å². The fraction of sp³-hybridized carbons (Fsp3) is 0.115. The van der Waals surface area contributed by atoms with E-state index in [9.17, 15) is 23.1 Å². The summed E-state index contributed by atoms with van der Waals surface area (Å²) in [4.78, 5) is 36.2. The van der Waals surface area contributed by atoms with Crippen molar-refractivity contribution in [3.05, 3.63) is 106 Å². The Kier molecular flexibility index (Phi) is 8.75. The second-order valence-electron chi connectivity index (χ2n) is 8.35. The number of amides is 1. The molecule has 39 heavy (non-hydrogen) atoms. The Balaban J connectivity index is 1.44. The molecule has 2 heterocycles. The average molecular weight is 586 g/mol. The van der Waals surface area contributed by atoms with Gasteiger partial charge in [-0.05, 0) is 23.3 Å². The van der Waals surface area contributed by atoms with Crippen LogP contribution in [0.4, 0.5) is 11.5 Å². The molecule has 13 heteroatoms. The van der Waals surface area contributed by atoms with Gasteiger partial charge >= 0.3 is 5.97 Å². The monoisotopic (exact) mass is 585 g/mol. The highest BCUT2D eigenvalue weighted by atomic mass is 35.5. The molecule has 0 saturated carbocycles. The Morgan fingerprint density at radius 3 is 2.23 bits per heavy atom. The highest BCUT2D eigenvalue weighted by Gasteiger charge is 2.22. The molecule has 0 radical (unpaired) electrons. The van der Waals surface area contributed by atoms with Gasteiger partial charge in [0, 0.05) is 30.6 Å². The second-order valence-corrected chi connectivity index (χ2v) is 11.1. The molecule has 3 N–H and O–H groups in total. The number of halogens is 2. The van der Waals surface area contributed by atoms with Crippen LogP contribution in [0.2, 0.25) is 10.0 Å². The summed E-state index contributed by atoms with van der Waals surface area (Å²) in [5, 5.41) is 15.2. The summed E-state index contributed by atoms with van der Waals surface area (Å²) >= 11 is 12.1. The third-order valence-electron chi connectivity index (χ3n) is 5.51. The van der Waals surface area contributed by atoms with E-state index in [1.54, 1.807) is 54.6 Å². The molecule has 0 bridgehead atoms. The average Bonchev–Trinajstić information content (AvgIpc) is 2.90. The lowest BCUT2D eigenvalue weighted by Gasteiger charge is -2.16. The molecular weight excluding hydrogens is 565 g/mol. The zero-order valence-electron chi connectivity index (χ0n) is 20.1. The van der Waals surface area contributed by atoms with Crippen molar-refractivity contribution in [2.45, 2.75) is 23.2 Å². The number of anilines is 2. The van der Waals surface area contributed by atoms with Crippen molar-refractivity contribution in [1.82, 2.24) is 15.0 Å². The number of pyridine rings is 1. The molecule has 2 aromatic carbocycles. The Morgan fingerprint density at radius 1 is 0.923 bits per heavy atom. The number of carbonyl (C=O) groups is 2. The normalized spacial score (nSPS) is 11.9.